The first-order valence-corrected chi connectivity index (χ1v) is 14.1. The largest absolute Gasteiger partial charge is 0.493 e. The summed E-state index contributed by atoms with van der Waals surface area (Å²) in [4.78, 5) is 22.9. The van der Waals surface area contributed by atoms with Crippen LogP contribution in [0.1, 0.15) is 42.3 Å². The summed E-state index contributed by atoms with van der Waals surface area (Å²) < 4.78 is 10.8. The van der Waals surface area contributed by atoms with E-state index in [4.69, 9.17) is 9.47 Å². The second-order valence-electron chi connectivity index (χ2n) is 8.74. The topological polar surface area (TPSA) is 84.3 Å². The highest BCUT2D eigenvalue weighted by Gasteiger charge is 2.34. The third-order valence-electron chi connectivity index (χ3n) is 5.60. The molecule has 1 atom stereocenters. The Hall–Kier alpha value is -3.17. The van der Waals surface area contributed by atoms with Gasteiger partial charge in [0.15, 0.2) is 16.7 Å². The van der Waals surface area contributed by atoms with E-state index in [1.807, 2.05) is 63.3 Å². The molecular weight excluding hydrogens is 516 g/mol. The van der Waals surface area contributed by atoms with Crippen LogP contribution in [0.2, 0.25) is 0 Å². The lowest BCUT2D eigenvalue weighted by Gasteiger charge is -2.22. The fourth-order valence-electron chi connectivity index (χ4n) is 3.70. The Balaban J connectivity index is 1.57. The Morgan fingerprint density at radius 2 is 2.11 bits per heavy atom. The smallest absolute Gasteiger partial charge is 0.251 e. The number of carbonyl (C=O) groups excluding carboxylic acids is 1. The summed E-state index contributed by atoms with van der Waals surface area (Å²) >= 11 is 3.34. The number of ether oxygens (including phenoxy) is 2. The van der Waals surface area contributed by atoms with Crippen LogP contribution >= 0.6 is 23.5 Å². The van der Waals surface area contributed by atoms with Crippen LogP contribution in [-0.4, -0.2) is 48.2 Å². The maximum Gasteiger partial charge on any atom is 0.251 e. The number of methoxy groups -OCH3 is 1. The van der Waals surface area contributed by atoms with Gasteiger partial charge in [0.2, 0.25) is 0 Å². The van der Waals surface area contributed by atoms with Crippen molar-refractivity contribution in [3.8, 4) is 11.5 Å². The second-order valence-corrected chi connectivity index (χ2v) is 12.1. The Morgan fingerprint density at radius 1 is 1.29 bits per heavy atom. The summed E-state index contributed by atoms with van der Waals surface area (Å²) in [5.74, 6) is 1.88. The molecule has 0 saturated heterocycles. The molecular formula is C29H36N4O3S2. The summed E-state index contributed by atoms with van der Waals surface area (Å²) in [6, 6.07) is 11.9. The number of allylic oxidation sites excluding steroid dienone is 2. The summed E-state index contributed by atoms with van der Waals surface area (Å²) in [5.41, 5.74) is 2.69. The molecule has 3 rings (SSSR count). The Kier molecular flexibility index (Phi) is 10.9. The van der Waals surface area contributed by atoms with E-state index >= 15 is 0 Å². The quantitative estimate of drug-likeness (QED) is 0.315. The molecule has 2 N–H and O–H groups in total. The van der Waals surface area contributed by atoms with Crippen molar-refractivity contribution in [1.82, 2.24) is 10.6 Å². The predicted octanol–water partition coefficient (Wildman–Crippen LogP) is 5.99. The maximum absolute atomic E-state index is 13.0. The molecule has 0 bridgehead atoms. The van der Waals surface area contributed by atoms with Gasteiger partial charge in [0.05, 0.1) is 24.3 Å². The van der Waals surface area contributed by atoms with Gasteiger partial charge < -0.3 is 20.1 Å². The molecule has 1 aliphatic heterocycles. The van der Waals surface area contributed by atoms with Crippen LogP contribution in [0.4, 0.5) is 0 Å². The zero-order chi connectivity index (χ0) is 27.5. The van der Waals surface area contributed by atoms with E-state index in [2.05, 4.69) is 40.2 Å². The Morgan fingerprint density at radius 3 is 2.84 bits per heavy atom. The van der Waals surface area contributed by atoms with E-state index < -0.39 is 0 Å². The van der Waals surface area contributed by atoms with Crippen LogP contribution in [0.15, 0.2) is 75.8 Å². The van der Waals surface area contributed by atoms with Gasteiger partial charge in [-0.3, -0.25) is 9.79 Å². The van der Waals surface area contributed by atoms with E-state index in [0.717, 1.165) is 21.2 Å². The molecule has 0 radical (unpaired) electrons. The Bertz CT molecular complexity index is 1240. The molecule has 0 aromatic heterocycles. The molecule has 202 valence electrons. The van der Waals surface area contributed by atoms with Gasteiger partial charge in [0.1, 0.15) is 5.82 Å². The molecule has 38 heavy (non-hydrogen) atoms. The van der Waals surface area contributed by atoms with Gasteiger partial charge in [0, 0.05) is 23.2 Å². The Labute approximate surface area is 234 Å². The van der Waals surface area contributed by atoms with E-state index in [1.54, 1.807) is 36.8 Å². The third kappa shape index (κ3) is 8.43. The SMILES string of the molecule is C=C(/N=C\C=C/C)NC1=NCC(C)(Sc2ccc(C)c(C(=O)NCCc3ccc(OC)c(OCC)c3)c2)S1. The van der Waals surface area contributed by atoms with Gasteiger partial charge in [-0.05, 0) is 75.6 Å². The number of aryl methyl sites for hydroxylation is 1. The number of amides is 1. The second kappa shape index (κ2) is 14.1. The number of carbonyl (C=O) groups is 1. The minimum Gasteiger partial charge on any atom is -0.493 e. The van der Waals surface area contributed by atoms with Crippen molar-refractivity contribution in [1.29, 1.82) is 0 Å². The van der Waals surface area contributed by atoms with Crippen LogP contribution in [0.3, 0.4) is 0 Å². The number of hydrogen-bond acceptors (Lipinski definition) is 8. The van der Waals surface area contributed by atoms with Gasteiger partial charge in [-0.1, -0.05) is 36.5 Å². The highest BCUT2D eigenvalue weighted by Crippen LogP contribution is 2.45. The van der Waals surface area contributed by atoms with E-state index in [0.29, 0.717) is 49.0 Å². The van der Waals surface area contributed by atoms with E-state index in [-0.39, 0.29) is 9.99 Å². The number of rotatable bonds is 12. The number of nitrogens with one attached hydrogen (secondary N) is 2. The first-order valence-electron chi connectivity index (χ1n) is 12.5. The summed E-state index contributed by atoms with van der Waals surface area (Å²) in [5, 5.41) is 7.02. The van der Waals surface area contributed by atoms with Crippen LogP contribution in [-0.2, 0) is 6.42 Å². The van der Waals surface area contributed by atoms with E-state index in [9.17, 15) is 4.79 Å². The van der Waals surface area contributed by atoms with Crippen LogP contribution in [0.5, 0.6) is 11.5 Å². The maximum atomic E-state index is 13.0. The van der Waals surface area contributed by atoms with Gasteiger partial charge >= 0.3 is 0 Å². The van der Waals surface area contributed by atoms with Crippen molar-refractivity contribution in [2.75, 3.05) is 26.8 Å². The third-order valence-corrected chi connectivity index (χ3v) is 8.13. The minimum absolute atomic E-state index is 0.0818. The van der Waals surface area contributed by atoms with Gasteiger partial charge in [-0.2, -0.15) is 0 Å². The number of benzene rings is 2. The fraction of sp³-hybridized carbons (Fsp3) is 0.345. The highest BCUT2D eigenvalue weighted by molar-refractivity contribution is 8.26. The molecule has 1 aliphatic rings. The number of amidine groups is 1. The van der Waals surface area contributed by atoms with Crippen LogP contribution < -0.4 is 20.1 Å². The highest BCUT2D eigenvalue weighted by atomic mass is 32.2. The van der Waals surface area contributed by atoms with Crippen LogP contribution in [0.25, 0.3) is 0 Å². The average molecular weight is 553 g/mol. The molecule has 2 aromatic carbocycles. The standard InChI is InChI=1S/C29H36N4O3S2/c1-7-9-15-30-21(4)33-28-32-19-29(5,38-28)37-23-12-10-20(3)24(18-23)27(34)31-16-14-22-11-13-25(35-6)26(17-22)36-8-2/h7,9-13,15,17-18H,4,8,14,16,19H2,1-3,5-6H3,(H,31,34)(H,32,33)/b9-7-,30-15-. The number of aliphatic imine (C=N–C) groups is 2. The van der Waals surface area contributed by atoms with Crippen molar-refractivity contribution < 1.29 is 14.3 Å². The van der Waals surface area contributed by atoms with Crippen molar-refractivity contribution in [3.05, 3.63) is 77.6 Å². The molecule has 0 aliphatic carbocycles. The monoisotopic (exact) mass is 552 g/mol. The summed E-state index contributed by atoms with van der Waals surface area (Å²) in [6.07, 6.45) is 6.13. The molecule has 0 saturated carbocycles. The van der Waals surface area contributed by atoms with E-state index in [1.165, 1.54) is 0 Å². The lowest BCUT2D eigenvalue weighted by atomic mass is 10.1. The van der Waals surface area contributed by atoms with Crippen molar-refractivity contribution >= 4 is 40.8 Å². The summed E-state index contributed by atoms with van der Waals surface area (Å²) in [6.45, 7) is 13.6. The predicted molar refractivity (Wildman–Crippen MR) is 161 cm³/mol. The first kappa shape index (κ1) is 29.4. The molecule has 0 fully saturated rings. The first-order chi connectivity index (χ1) is 18.3. The van der Waals surface area contributed by atoms with Crippen molar-refractivity contribution in [2.45, 2.75) is 43.1 Å². The number of nitrogens with zero attached hydrogens (tertiary/aromatic N) is 2. The molecule has 0 spiro atoms. The van der Waals surface area contributed by atoms with Crippen molar-refractivity contribution in [3.63, 3.8) is 0 Å². The molecule has 1 amide bonds. The van der Waals surface area contributed by atoms with Crippen LogP contribution in [0, 0.1) is 6.92 Å². The molecule has 9 heteroatoms. The van der Waals surface area contributed by atoms with Crippen molar-refractivity contribution in [2.24, 2.45) is 9.98 Å². The minimum atomic E-state index is -0.203. The summed E-state index contributed by atoms with van der Waals surface area (Å²) in [7, 11) is 1.63. The lowest BCUT2D eigenvalue weighted by Crippen LogP contribution is -2.26. The number of thioether (sulfide) groups is 2. The molecule has 2 aromatic rings. The molecule has 1 unspecified atom stereocenters. The van der Waals surface area contributed by atoms with Gasteiger partial charge in [-0.15, -0.1) is 11.8 Å². The zero-order valence-electron chi connectivity index (χ0n) is 22.7. The average Bonchev–Trinajstić information content (AvgIpc) is 3.25. The van der Waals surface area contributed by atoms with Gasteiger partial charge in [0.25, 0.3) is 5.91 Å². The zero-order valence-corrected chi connectivity index (χ0v) is 24.3. The number of hydrogen-bond donors (Lipinski definition) is 2. The molecule has 1 heterocycles. The lowest BCUT2D eigenvalue weighted by molar-refractivity contribution is 0.0953. The molecule has 7 nitrogen and oxygen atoms in total. The van der Waals surface area contributed by atoms with Gasteiger partial charge in [-0.25, -0.2) is 4.99 Å². The normalized spacial score (nSPS) is 17.0. The fourth-order valence-corrected chi connectivity index (χ4v) is 6.17.